The maximum Gasteiger partial charge on any atom is 0.369 e. The third kappa shape index (κ3) is 3.54. The van der Waals surface area contributed by atoms with E-state index in [1.54, 1.807) is 6.92 Å². The number of hydrogen-bond donors (Lipinski definition) is 0. The van der Waals surface area contributed by atoms with Crippen molar-refractivity contribution in [1.29, 1.82) is 0 Å². The molecule has 19 heavy (non-hydrogen) atoms. The smallest absolute Gasteiger partial charge is 0.369 e. The van der Waals surface area contributed by atoms with E-state index in [0.29, 0.717) is 11.6 Å². The first-order chi connectivity index (χ1) is 9.10. The fraction of sp³-hybridized carbons (Fsp3) is 0.308. The molecule has 6 heteroatoms. The molecule has 1 aromatic carbocycles. The summed E-state index contributed by atoms with van der Waals surface area (Å²) in [6.07, 6.45) is 0. The molecule has 0 spiro atoms. The molecule has 0 saturated heterocycles. The number of carbonyl (C=O) groups is 1. The summed E-state index contributed by atoms with van der Waals surface area (Å²) in [5.41, 5.74) is 2.49. The van der Waals surface area contributed by atoms with Crippen LogP contribution in [0.4, 0.5) is 0 Å². The van der Waals surface area contributed by atoms with Crippen LogP contribution in [0.3, 0.4) is 0 Å². The molecule has 1 aromatic heterocycles. The fourth-order valence-electron chi connectivity index (χ4n) is 1.40. The van der Waals surface area contributed by atoms with Gasteiger partial charge in [0.25, 0.3) is 0 Å². The minimum Gasteiger partial charge on any atom is -0.461 e. The summed E-state index contributed by atoms with van der Waals surface area (Å²) in [6.45, 7) is 6.26. The lowest BCUT2D eigenvalue weighted by molar-refractivity contribution is 0.0525. The second-order valence-electron chi connectivity index (χ2n) is 3.94. The number of esters is 1. The number of aromatic nitrogens is 2. The molecule has 0 aliphatic carbocycles. The molecule has 2 rings (SSSR count). The van der Waals surface area contributed by atoms with Crippen molar-refractivity contribution in [2.24, 2.45) is 0 Å². The maximum atomic E-state index is 11.5. The Bertz CT molecular complexity index is 596. The monoisotopic (exact) mass is 294 g/mol. The largest absolute Gasteiger partial charge is 0.461 e. The van der Waals surface area contributed by atoms with Gasteiger partial charge in [-0.15, -0.1) is 10.2 Å². The number of ether oxygens (including phenoxy) is 1. The van der Waals surface area contributed by atoms with Gasteiger partial charge in [-0.3, -0.25) is 0 Å². The minimum absolute atomic E-state index is 0.299. The molecule has 0 N–H and O–H groups in total. The van der Waals surface area contributed by atoms with Crippen molar-refractivity contribution in [3.05, 3.63) is 34.3 Å². The summed E-state index contributed by atoms with van der Waals surface area (Å²) in [7, 11) is 0. The zero-order valence-electron chi connectivity index (χ0n) is 11.0. The summed E-state index contributed by atoms with van der Waals surface area (Å²) in [6, 6.07) is 6.22. The number of rotatable bonds is 4. The molecule has 0 aliphatic heterocycles. The lowest BCUT2D eigenvalue weighted by atomic mass is 10.1. The molecule has 0 radical (unpaired) electrons. The van der Waals surface area contributed by atoms with E-state index >= 15 is 0 Å². The molecule has 0 aliphatic rings. The average molecular weight is 294 g/mol. The summed E-state index contributed by atoms with van der Waals surface area (Å²) < 4.78 is 5.63. The van der Waals surface area contributed by atoms with Crippen molar-refractivity contribution in [3.8, 4) is 0 Å². The maximum absolute atomic E-state index is 11.5. The van der Waals surface area contributed by atoms with E-state index in [-0.39, 0.29) is 0 Å². The first-order valence-electron chi connectivity index (χ1n) is 5.86. The molecular formula is C13H14N2O2S2. The number of nitrogens with zero attached hydrogens (tertiary/aromatic N) is 2. The molecule has 0 unspecified atom stereocenters. The third-order valence-electron chi connectivity index (χ3n) is 2.54. The molecule has 2 aromatic rings. The number of hydrogen-bond acceptors (Lipinski definition) is 6. The molecule has 0 saturated carbocycles. The standard InChI is InChI=1S/C13H14N2O2S2/c1-4-17-12(16)11-14-15-13(19-11)18-10-6-5-8(2)9(3)7-10/h5-7H,4H2,1-3H3. The second-order valence-corrected chi connectivity index (χ2v) is 6.24. The van der Waals surface area contributed by atoms with Crippen molar-refractivity contribution >= 4 is 29.1 Å². The second kappa shape index (κ2) is 6.16. The molecule has 0 fully saturated rings. The van der Waals surface area contributed by atoms with Crippen LogP contribution in [0.2, 0.25) is 0 Å². The molecule has 100 valence electrons. The van der Waals surface area contributed by atoms with Gasteiger partial charge < -0.3 is 4.74 Å². The van der Waals surface area contributed by atoms with Gasteiger partial charge in [0.15, 0.2) is 4.34 Å². The van der Waals surface area contributed by atoms with Gasteiger partial charge in [0, 0.05) is 4.90 Å². The third-order valence-corrected chi connectivity index (χ3v) is 4.48. The zero-order chi connectivity index (χ0) is 13.8. The highest BCUT2D eigenvalue weighted by molar-refractivity contribution is 8.01. The van der Waals surface area contributed by atoms with Crippen LogP contribution in [-0.4, -0.2) is 22.8 Å². The highest BCUT2D eigenvalue weighted by Crippen LogP contribution is 2.31. The zero-order valence-corrected chi connectivity index (χ0v) is 12.6. The number of benzene rings is 1. The SMILES string of the molecule is CCOC(=O)c1nnc(Sc2ccc(C)c(C)c2)s1. The molecule has 0 atom stereocenters. The van der Waals surface area contributed by atoms with Gasteiger partial charge in [-0.05, 0) is 44.0 Å². The van der Waals surface area contributed by atoms with Crippen LogP contribution in [0.5, 0.6) is 0 Å². The van der Waals surface area contributed by atoms with Crippen LogP contribution in [0.15, 0.2) is 27.4 Å². The van der Waals surface area contributed by atoms with Crippen molar-refractivity contribution in [1.82, 2.24) is 10.2 Å². The molecule has 0 amide bonds. The van der Waals surface area contributed by atoms with Crippen LogP contribution in [-0.2, 0) is 4.74 Å². The van der Waals surface area contributed by atoms with E-state index in [1.165, 1.54) is 34.2 Å². The van der Waals surface area contributed by atoms with Crippen LogP contribution in [0.1, 0.15) is 27.9 Å². The fourth-order valence-corrected chi connectivity index (χ4v) is 3.22. The molecule has 4 nitrogen and oxygen atoms in total. The van der Waals surface area contributed by atoms with E-state index in [2.05, 4.69) is 36.2 Å². The Labute approximate surface area is 120 Å². The van der Waals surface area contributed by atoms with Crippen molar-refractivity contribution in [2.75, 3.05) is 6.61 Å². The number of aryl methyl sites for hydroxylation is 2. The van der Waals surface area contributed by atoms with E-state index in [0.717, 1.165) is 9.24 Å². The van der Waals surface area contributed by atoms with Gasteiger partial charge >= 0.3 is 5.97 Å². The molecule has 1 heterocycles. The average Bonchev–Trinajstić information content (AvgIpc) is 2.83. The van der Waals surface area contributed by atoms with Crippen molar-refractivity contribution < 1.29 is 9.53 Å². The first kappa shape index (κ1) is 14.0. The van der Waals surface area contributed by atoms with Gasteiger partial charge in [0.05, 0.1) is 6.61 Å². The Morgan fingerprint density at radius 2 is 2.11 bits per heavy atom. The topological polar surface area (TPSA) is 52.1 Å². The predicted octanol–water partition coefficient (Wildman–Crippen LogP) is 3.48. The quantitative estimate of drug-likeness (QED) is 0.808. The highest BCUT2D eigenvalue weighted by atomic mass is 32.2. The molecule has 0 bridgehead atoms. The lowest BCUT2D eigenvalue weighted by Crippen LogP contribution is -2.03. The van der Waals surface area contributed by atoms with Gasteiger partial charge in [-0.25, -0.2) is 4.79 Å². The van der Waals surface area contributed by atoms with Crippen LogP contribution < -0.4 is 0 Å². The Hall–Kier alpha value is -1.40. The van der Waals surface area contributed by atoms with Crippen molar-refractivity contribution in [3.63, 3.8) is 0 Å². The van der Waals surface area contributed by atoms with E-state index in [9.17, 15) is 4.79 Å². The summed E-state index contributed by atoms with van der Waals surface area (Å²) in [5.74, 6) is -0.410. The Kier molecular flexibility index (Phi) is 4.55. The van der Waals surface area contributed by atoms with E-state index < -0.39 is 5.97 Å². The first-order valence-corrected chi connectivity index (χ1v) is 7.49. The minimum atomic E-state index is -0.410. The Morgan fingerprint density at radius 3 is 2.79 bits per heavy atom. The normalized spacial score (nSPS) is 10.5. The van der Waals surface area contributed by atoms with Crippen LogP contribution in [0, 0.1) is 13.8 Å². The van der Waals surface area contributed by atoms with Gasteiger partial charge in [0.2, 0.25) is 5.01 Å². The Morgan fingerprint density at radius 1 is 1.32 bits per heavy atom. The predicted molar refractivity (Wildman–Crippen MR) is 75.9 cm³/mol. The van der Waals surface area contributed by atoms with Gasteiger partial charge in [-0.1, -0.05) is 29.2 Å². The summed E-state index contributed by atoms with van der Waals surface area (Å²) in [5, 5.41) is 8.14. The summed E-state index contributed by atoms with van der Waals surface area (Å²) in [4.78, 5) is 12.6. The van der Waals surface area contributed by atoms with Gasteiger partial charge in [0.1, 0.15) is 0 Å². The van der Waals surface area contributed by atoms with Crippen LogP contribution >= 0.6 is 23.1 Å². The number of carbonyl (C=O) groups excluding carboxylic acids is 1. The van der Waals surface area contributed by atoms with E-state index in [1.807, 2.05) is 6.07 Å². The summed E-state index contributed by atoms with van der Waals surface area (Å²) >= 11 is 2.76. The Balaban J connectivity index is 2.11. The van der Waals surface area contributed by atoms with Crippen LogP contribution in [0.25, 0.3) is 0 Å². The highest BCUT2D eigenvalue weighted by Gasteiger charge is 2.14. The van der Waals surface area contributed by atoms with E-state index in [4.69, 9.17) is 4.74 Å². The van der Waals surface area contributed by atoms with Crippen molar-refractivity contribution in [2.45, 2.75) is 30.0 Å². The lowest BCUT2D eigenvalue weighted by Gasteiger charge is -2.02. The van der Waals surface area contributed by atoms with Gasteiger partial charge in [-0.2, -0.15) is 0 Å². The molecular weight excluding hydrogens is 280 g/mol.